The molecular weight excluding hydrogens is 212 g/mol. The molecule has 0 aliphatic carbocycles. The van der Waals surface area contributed by atoms with E-state index in [-0.39, 0.29) is 23.5 Å². The largest absolute Gasteiger partial charge is 0.504 e. The second-order valence-corrected chi connectivity index (χ2v) is 3.24. The Labute approximate surface area is 89.4 Å². The normalized spacial score (nSPS) is 10.5. The van der Waals surface area contributed by atoms with E-state index in [0.717, 1.165) is 10.5 Å². The number of nitrogens with zero attached hydrogens (tertiary/aromatic N) is 2. The molecule has 2 N–H and O–H groups in total. The Kier molecular flexibility index (Phi) is 2.32. The Bertz CT molecular complexity index is 618. The molecule has 0 saturated heterocycles. The van der Waals surface area contributed by atoms with Crippen molar-refractivity contribution >= 4 is 11.6 Å². The number of aromatic hydroxyl groups is 1. The topological polar surface area (TPSA) is 91.9 Å². The van der Waals surface area contributed by atoms with E-state index in [1.807, 2.05) is 0 Å². The third-order valence-electron chi connectivity index (χ3n) is 2.06. The number of aliphatic carboxylic acids is 1. The number of fused-ring (bicyclic) bond motifs is 1. The first-order valence-electron chi connectivity index (χ1n) is 4.50. The molecule has 0 amide bonds. The SMILES string of the molecule is O=C(O)Cc1cc(=O)n2cccc(O)c2n1. The molecule has 0 bridgehead atoms. The fourth-order valence-electron chi connectivity index (χ4n) is 1.40. The van der Waals surface area contributed by atoms with Crippen molar-refractivity contribution in [3.05, 3.63) is 40.4 Å². The summed E-state index contributed by atoms with van der Waals surface area (Å²) in [4.78, 5) is 25.9. The van der Waals surface area contributed by atoms with Gasteiger partial charge in [-0.15, -0.1) is 0 Å². The van der Waals surface area contributed by atoms with E-state index < -0.39 is 11.5 Å². The highest BCUT2D eigenvalue weighted by Gasteiger charge is 2.08. The highest BCUT2D eigenvalue weighted by atomic mass is 16.4. The zero-order valence-electron chi connectivity index (χ0n) is 8.12. The Balaban J connectivity index is 2.70. The van der Waals surface area contributed by atoms with E-state index in [1.165, 1.54) is 18.3 Å². The van der Waals surface area contributed by atoms with E-state index in [1.54, 1.807) is 0 Å². The van der Waals surface area contributed by atoms with Crippen molar-refractivity contribution in [2.45, 2.75) is 6.42 Å². The number of rotatable bonds is 2. The van der Waals surface area contributed by atoms with Gasteiger partial charge in [-0.3, -0.25) is 14.0 Å². The van der Waals surface area contributed by atoms with Crippen LogP contribution in [0.25, 0.3) is 5.65 Å². The fourth-order valence-corrected chi connectivity index (χ4v) is 1.40. The molecule has 0 unspecified atom stereocenters. The van der Waals surface area contributed by atoms with Gasteiger partial charge in [-0.1, -0.05) is 0 Å². The van der Waals surface area contributed by atoms with Gasteiger partial charge < -0.3 is 10.2 Å². The first-order valence-corrected chi connectivity index (χ1v) is 4.50. The quantitative estimate of drug-likeness (QED) is 0.744. The lowest BCUT2D eigenvalue weighted by molar-refractivity contribution is -0.136. The summed E-state index contributed by atoms with van der Waals surface area (Å²) < 4.78 is 1.15. The molecule has 2 heterocycles. The van der Waals surface area contributed by atoms with Crippen molar-refractivity contribution in [1.29, 1.82) is 0 Å². The Morgan fingerprint density at radius 3 is 2.94 bits per heavy atom. The maximum Gasteiger partial charge on any atom is 0.309 e. The van der Waals surface area contributed by atoms with E-state index >= 15 is 0 Å². The fraction of sp³-hybridized carbons (Fsp3) is 0.100. The molecule has 0 fully saturated rings. The van der Waals surface area contributed by atoms with Gasteiger partial charge in [0.15, 0.2) is 11.4 Å². The van der Waals surface area contributed by atoms with Crippen LogP contribution in [0.4, 0.5) is 0 Å². The van der Waals surface area contributed by atoms with Crippen LogP contribution in [0.15, 0.2) is 29.2 Å². The first kappa shape index (κ1) is 10.2. The molecule has 6 nitrogen and oxygen atoms in total. The van der Waals surface area contributed by atoms with Gasteiger partial charge in [-0.05, 0) is 12.1 Å². The summed E-state index contributed by atoms with van der Waals surface area (Å²) in [5.74, 6) is -1.24. The summed E-state index contributed by atoms with van der Waals surface area (Å²) in [7, 11) is 0. The van der Waals surface area contributed by atoms with Crippen LogP contribution in [0.3, 0.4) is 0 Å². The number of pyridine rings is 1. The number of carboxylic acid groups (broad SMARTS) is 1. The lowest BCUT2D eigenvalue weighted by Gasteiger charge is -2.03. The summed E-state index contributed by atoms with van der Waals surface area (Å²) in [6.07, 6.45) is 1.11. The number of aromatic nitrogens is 2. The summed E-state index contributed by atoms with van der Waals surface area (Å²) in [5.41, 5.74) is -0.234. The van der Waals surface area contributed by atoms with E-state index in [0.29, 0.717) is 0 Å². The molecule has 2 aromatic heterocycles. The Morgan fingerprint density at radius 1 is 1.50 bits per heavy atom. The maximum atomic E-state index is 11.6. The van der Waals surface area contributed by atoms with Gasteiger partial charge in [0.05, 0.1) is 12.1 Å². The van der Waals surface area contributed by atoms with Crippen LogP contribution >= 0.6 is 0 Å². The van der Waals surface area contributed by atoms with Gasteiger partial charge >= 0.3 is 5.97 Å². The minimum Gasteiger partial charge on any atom is -0.504 e. The Morgan fingerprint density at radius 2 is 2.25 bits per heavy atom. The van der Waals surface area contributed by atoms with Crippen LogP contribution in [-0.4, -0.2) is 25.6 Å². The molecule has 0 aliphatic heterocycles. The van der Waals surface area contributed by atoms with Crippen molar-refractivity contribution in [3.8, 4) is 5.75 Å². The smallest absolute Gasteiger partial charge is 0.309 e. The van der Waals surface area contributed by atoms with E-state index in [4.69, 9.17) is 5.11 Å². The zero-order chi connectivity index (χ0) is 11.7. The van der Waals surface area contributed by atoms with Gasteiger partial charge in [-0.25, -0.2) is 4.98 Å². The predicted molar refractivity (Wildman–Crippen MR) is 54.5 cm³/mol. The lowest BCUT2D eigenvalue weighted by atomic mass is 10.3. The molecule has 0 radical (unpaired) electrons. The summed E-state index contributed by atoms with van der Waals surface area (Å²) in [6, 6.07) is 4.02. The zero-order valence-corrected chi connectivity index (χ0v) is 8.12. The van der Waals surface area contributed by atoms with Gasteiger partial charge in [0, 0.05) is 12.3 Å². The first-order chi connectivity index (χ1) is 7.58. The van der Waals surface area contributed by atoms with Gasteiger partial charge in [0.25, 0.3) is 5.56 Å². The predicted octanol–water partition coefficient (Wildman–Crippen LogP) is 0.0272. The van der Waals surface area contributed by atoms with Crippen LogP contribution in [0.5, 0.6) is 5.75 Å². The highest BCUT2D eigenvalue weighted by Crippen LogP contribution is 2.13. The third-order valence-corrected chi connectivity index (χ3v) is 2.06. The van der Waals surface area contributed by atoms with Gasteiger partial charge in [0.1, 0.15) is 0 Å². The number of hydrogen-bond acceptors (Lipinski definition) is 4. The minimum atomic E-state index is -1.08. The molecule has 0 aromatic carbocycles. The summed E-state index contributed by atoms with van der Waals surface area (Å²) in [5, 5.41) is 18.1. The van der Waals surface area contributed by atoms with Crippen LogP contribution in [-0.2, 0) is 11.2 Å². The molecule has 2 aromatic rings. The average molecular weight is 220 g/mol. The monoisotopic (exact) mass is 220 g/mol. The second-order valence-electron chi connectivity index (χ2n) is 3.24. The standard InChI is InChI=1S/C10H8N2O4/c13-7-2-1-3-12-8(14)4-6(5-9(15)16)11-10(7)12/h1-4,13H,5H2,(H,15,16). The Hall–Kier alpha value is -2.37. The van der Waals surface area contributed by atoms with Crippen LogP contribution in [0, 0.1) is 0 Å². The van der Waals surface area contributed by atoms with Crippen molar-refractivity contribution in [2.24, 2.45) is 0 Å². The van der Waals surface area contributed by atoms with Crippen molar-refractivity contribution in [1.82, 2.24) is 9.38 Å². The van der Waals surface area contributed by atoms with Crippen molar-refractivity contribution in [2.75, 3.05) is 0 Å². The van der Waals surface area contributed by atoms with Gasteiger partial charge in [-0.2, -0.15) is 0 Å². The molecular formula is C10H8N2O4. The van der Waals surface area contributed by atoms with Crippen LogP contribution < -0.4 is 5.56 Å². The number of hydrogen-bond donors (Lipinski definition) is 2. The van der Waals surface area contributed by atoms with E-state index in [9.17, 15) is 14.7 Å². The molecule has 0 spiro atoms. The second kappa shape index (κ2) is 3.65. The molecule has 0 saturated carbocycles. The summed E-state index contributed by atoms with van der Waals surface area (Å²) in [6.45, 7) is 0. The average Bonchev–Trinajstić information content (AvgIpc) is 2.19. The number of carbonyl (C=O) groups is 1. The maximum absolute atomic E-state index is 11.6. The molecule has 6 heteroatoms. The van der Waals surface area contributed by atoms with Crippen LogP contribution in [0.2, 0.25) is 0 Å². The summed E-state index contributed by atoms with van der Waals surface area (Å²) >= 11 is 0. The minimum absolute atomic E-state index is 0.0613. The molecule has 2 rings (SSSR count). The highest BCUT2D eigenvalue weighted by molar-refractivity contribution is 5.70. The van der Waals surface area contributed by atoms with Crippen molar-refractivity contribution in [3.63, 3.8) is 0 Å². The van der Waals surface area contributed by atoms with Gasteiger partial charge in [0.2, 0.25) is 0 Å². The van der Waals surface area contributed by atoms with Crippen LogP contribution in [0.1, 0.15) is 5.69 Å². The molecule has 16 heavy (non-hydrogen) atoms. The molecule has 0 atom stereocenters. The van der Waals surface area contributed by atoms with Crippen molar-refractivity contribution < 1.29 is 15.0 Å². The number of carboxylic acids is 1. The molecule has 0 aliphatic rings. The molecule has 82 valence electrons. The van der Waals surface area contributed by atoms with E-state index in [2.05, 4.69) is 4.98 Å². The third kappa shape index (κ3) is 1.72. The lowest BCUT2D eigenvalue weighted by Crippen LogP contribution is -2.16.